The maximum Gasteiger partial charge on any atom is 0.408 e. The Morgan fingerprint density at radius 3 is 1.16 bits per heavy atom. The predicted molar refractivity (Wildman–Crippen MR) is 99.7 cm³/mol. The van der Waals surface area contributed by atoms with Gasteiger partial charge in [0.2, 0.25) is 0 Å². The van der Waals surface area contributed by atoms with Gasteiger partial charge in [0, 0.05) is 0 Å². The molecule has 0 rings (SSSR count). The molecule has 0 bridgehead atoms. The van der Waals surface area contributed by atoms with E-state index in [4.69, 9.17) is 9.47 Å². The van der Waals surface area contributed by atoms with Gasteiger partial charge in [-0.05, 0) is 76.3 Å². The van der Waals surface area contributed by atoms with Crippen molar-refractivity contribution in [2.75, 3.05) is 7.05 Å². The van der Waals surface area contributed by atoms with Crippen LogP contribution in [0.3, 0.4) is 0 Å². The van der Waals surface area contributed by atoms with Gasteiger partial charge in [-0.15, -0.1) is 0 Å². The van der Waals surface area contributed by atoms with Gasteiger partial charge in [-0.2, -0.15) is 0 Å². The van der Waals surface area contributed by atoms with Gasteiger partial charge in [0.05, 0.1) is 17.1 Å². The lowest BCUT2D eigenvalue weighted by Gasteiger charge is -2.45. The lowest BCUT2D eigenvalue weighted by molar-refractivity contribution is 0.0366. The summed E-state index contributed by atoms with van der Waals surface area (Å²) in [5.41, 5.74) is -2.57. The second-order valence-corrected chi connectivity index (χ2v) is 9.42. The molecule has 0 aliphatic heterocycles. The number of rotatable bonds is 5. The summed E-state index contributed by atoms with van der Waals surface area (Å²) in [6.07, 6.45) is -1.02. The van der Waals surface area contributed by atoms with Crippen LogP contribution in [0.2, 0.25) is 0 Å². The van der Waals surface area contributed by atoms with Crippen LogP contribution in [0.25, 0.3) is 0 Å². The molecule has 0 heterocycles. The fourth-order valence-corrected chi connectivity index (χ4v) is 2.90. The Kier molecular flexibility index (Phi) is 7.34. The molecule has 0 atom stereocenters. The van der Waals surface area contributed by atoms with Crippen molar-refractivity contribution in [3.8, 4) is 0 Å². The molecule has 25 heavy (non-hydrogen) atoms. The zero-order valence-corrected chi connectivity index (χ0v) is 17.7. The number of likely N-dealkylation sites (N-methyl/N-ethyl adjacent to an activating group) is 1. The third kappa shape index (κ3) is 8.95. The van der Waals surface area contributed by atoms with Crippen molar-refractivity contribution in [3.63, 3.8) is 0 Å². The number of carbonyl (C=O) groups is 2. The minimum Gasteiger partial charge on any atom is -0.444 e. The lowest BCUT2D eigenvalue weighted by Crippen LogP contribution is -2.69. The average molecular weight is 360 g/mol. The second kappa shape index (κ2) is 7.81. The summed E-state index contributed by atoms with van der Waals surface area (Å²) >= 11 is 0. The maximum absolute atomic E-state index is 12.2. The van der Waals surface area contributed by atoms with E-state index in [1.807, 2.05) is 69.2 Å². The van der Waals surface area contributed by atoms with E-state index in [1.165, 1.54) is 0 Å². The standard InChI is InChI=1S/C18H37N3O4/c1-15(2,3)24-13(22)20-17(7,8)12(19-11)18(9,10)21-14(23)25-16(4,5)6/h12,19H,1-11H3,(H,20,22)(H,21,23). The third-order valence-electron chi connectivity index (χ3n) is 3.38. The number of nitrogens with one attached hydrogen (secondary N) is 3. The van der Waals surface area contributed by atoms with Gasteiger partial charge in [0.15, 0.2) is 0 Å². The highest BCUT2D eigenvalue weighted by Gasteiger charge is 2.43. The van der Waals surface area contributed by atoms with Gasteiger partial charge in [-0.3, -0.25) is 0 Å². The molecule has 0 radical (unpaired) electrons. The van der Waals surface area contributed by atoms with Crippen molar-refractivity contribution in [2.24, 2.45) is 0 Å². The first-order chi connectivity index (χ1) is 10.9. The summed E-state index contributed by atoms with van der Waals surface area (Å²) in [7, 11) is 1.78. The molecule has 0 aromatic rings. The summed E-state index contributed by atoms with van der Waals surface area (Å²) in [6.45, 7) is 18.3. The van der Waals surface area contributed by atoms with Gasteiger partial charge in [0.1, 0.15) is 11.2 Å². The highest BCUT2D eigenvalue weighted by atomic mass is 16.6. The number of alkyl carbamates (subject to hydrolysis) is 2. The minimum atomic E-state index is -0.699. The van der Waals surface area contributed by atoms with E-state index in [-0.39, 0.29) is 6.04 Å². The molecule has 7 nitrogen and oxygen atoms in total. The molecule has 7 heteroatoms. The highest BCUT2D eigenvalue weighted by Crippen LogP contribution is 2.22. The second-order valence-electron chi connectivity index (χ2n) is 9.42. The zero-order chi connectivity index (χ0) is 20.3. The van der Waals surface area contributed by atoms with Crippen LogP contribution in [0.5, 0.6) is 0 Å². The normalized spacial score (nSPS) is 13.4. The first-order valence-electron chi connectivity index (χ1n) is 8.59. The Labute approximate surface area is 152 Å². The van der Waals surface area contributed by atoms with Crippen LogP contribution >= 0.6 is 0 Å². The van der Waals surface area contributed by atoms with E-state index in [0.717, 1.165) is 0 Å². The zero-order valence-electron chi connectivity index (χ0n) is 17.7. The number of ether oxygens (including phenoxy) is 2. The van der Waals surface area contributed by atoms with Crippen molar-refractivity contribution >= 4 is 12.2 Å². The minimum absolute atomic E-state index is 0.292. The maximum atomic E-state index is 12.2. The molecule has 0 aliphatic rings. The molecule has 0 unspecified atom stereocenters. The predicted octanol–water partition coefficient (Wildman–Crippen LogP) is 3.18. The molecular weight excluding hydrogens is 322 g/mol. The molecule has 0 saturated carbocycles. The van der Waals surface area contributed by atoms with Crippen LogP contribution in [-0.2, 0) is 9.47 Å². The van der Waals surface area contributed by atoms with E-state index in [9.17, 15) is 9.59 Å². The summed E-state index contributed by atoms with van der Waals surface area (Å²) in [4.78, 5) is 24.3. The van der Waals surface area contributed by atoms with Crippen molar-refractivity contribution < 1.29 is 19.1 Å². The van der Waals surface area contributed by atoms with Crippen LogP contribution in [0.4, 0.5) is 9.59 Å². The molecule has 0 aromatic carbocycles. The van der Waals surface area contributed by atoms with Crippen LogP contribution in [-0.4, -0.2) is 47.6 Å². The van der Waals surface area contributed by atoms with Crippen LogP contribution in [0.1, 0.15) is 69.2 Å². The van der Waals surface area contributed by atoms with Crippen molar-refractivity contribution in [3.05, 3.63) is 0 Å². The van der Waals surface area contributed by atoms with E-state index in [1.54, 1.807) is 7.05 Å². The number of hydrogen-bond acceptors (Lipinski definition) is 5. The van der Waals surface area contributed by atoms with Crippen molar-refractivity contribution in [1.82, 2.24) is 16.0 Å². The number of hydrogen-bond donors (Lipinski definition) is 3. The van der Waals surface area contributed by atoms with E-state index >= 15 is 0 Å². The highest BCUT2D eigenvalue weighted by molar-refractivity contribution is 5.70. The van der Waals surface area contributed by atoms with Gasteiger partial charge in [0.25, 0.3) is 0 Å². The van der Waals surface area contributed by atoms with E-state index in [2.05, 4.69) is 16.0 Å². The molecule has 0 saturated heterocycles. The molecule has 3 N–H and O–H groups in total. The Morgan fingerprint density at radius 1 is 0.680 bits per heavy atom. The fraction of sp³-hybridized carbons (Fsp3) is 0.889. The van der Waals surface area contributed by atoms with Gasteiger partial charge in [-0.25, -0.2) is 9.59 Å². The number of carbonyl (C=O) groups excluding carboxylic acids is 2. The summed E-state index contributed by atoms with van der Waals surface area (Å²) < 4.78 is 10.7. The van der Waals surface area contributed by atoms with Crippen LogP contribution in [0.15, 0.2) is 0 Å². The van der Waals surface area contributed by atoms with Crippen molar-refractivity contribution in [1.29, 1.82) is 0 Å². The Morgan fingerprint density at radius 2 is 0.960 bits per heavy atom. The Hall–Kier alpha value is -1.50. The van der Waals surface area contributed by atoms with Crippen LogP contribution in [0, 0.1) is 0 Å². The fourth-order valence-electron chi connectivity index (χ4n) is 2.90. The Balaban J connectivity index is 5.18. The van der Waals surface area contributed by atoms with Crippen molar-refractivity contribution in [2.45, 2.75) is 97.6 Å². The molecular formula is C18H37N3O4. The molecule has 0 spiro atoms. The molecule has 0 fully saturated rings. The smallest absolute Gasteiger partial charge is 0.408 e. The SMILES string of the molecule is CNC(C(C)(C)NC(=O)OC(C)(C)C)C(C)(C)NC(=O)OC(C)(C)C. The average Bonchev–Trinajstić information content (AvgIpc) is 2.19. The molecule has 0 aromatic heterocycles. The summed E-state index contributed by atoms with van der Waals surface area (Å²) in [5.74, 6) is 0. The first kappa shape index (κ1) is 23.5. The van der Waals surface area contributed by atoms with Gasteiger partial charge in [-0.1, -0.05) is 0 Å². The monoisotopic (exact) mass is 359 g/mol. The van der Waals surface area contributed by atoms with E-state index in [0.29, 0.717) is 0 Å². The van der Waals surface area contributed by atoms with Crippen LogP contribution < -0.4 is 16.0 Å². The molecule has 2 amide bonds. The molecule has 148 valence electrons. The Bertz CT molecular complexity index is 432. The number of amides is 2. The third-order valence-corrected chi connectivity index (χ3v) is 3.38. The summed E-state index contributed by atoms with van der Waals surface area (Å²) in [5, 5.41) is 8.93. The topological polar surface area (TPSA) is 88.7 Å². The summed E-state index contributed by atoms with van der Waals surface area (Å²) in [6, 6.07) is -0.292. The van der Waals surface area contributed by atoms with Gasteiger partial charge < -0.3 is 25.4 Å². The quantitative estimate of drug-likeness (QED) is 0.701. The van der Waals surface area contributed by atoms with E-state index < -0.39 is 34.5 Å². The molecule has 0 aliphatic carbocycles. The van der Waals surface area contributed by atoms with Gasteiger partial charge >= 0.3 is 12.2 Å². The lowest BCUT2D eigenvalue weighted by atomic mass is 9.80. The first-order valence-corrected chi connectivity index (χ1v) is 8.59. The largest absolute Gasteiger partial charge is 0.444 e.